The molecule has 0 bridgehead atoms. The Morgan fingerprint density at radius 3 is 2.46 bits per heavy atom. The summed E-state index contributed by atoms with van der Waals surface area (Å²) in [5, 5.41) is 0.0130. The molecule has 1 aliphatic heterocycles. The van der Waals surface area contributed by atoms with Crippen LogP contribution in [0.2, 0.25) is 4.24 Å². The van der Waals surface area contributed by atoms with E-state index in [-0.39, 0.29) is 0 Å². The van der Waals surface area contributed by atoms with Crippen molar-refractivity contribution in [1.29, 1.82) is 1.43 Å². The zero-order valence-electron chi connectivity index (χ0n) is 66.7. The van der Waals surface area contributed by atoms with Crippen LogP contribution in [0, 0.1) is 19.6 Å². The van der Waals surface area contributed by atoms with Crippen LogP contribution in [0.1, 0.15) is 104 Å². The molecular weight excluding hydrogens is 580 g/mol. The zero-order chi connectivity index (χ0) is 71.2. The minimum Gasteiger partial charge on any atom is -0.483 e. The summed E-state index contributed by atoms with van der Waals surface area (Å²) < 4.78 is 381. The van der Waals surface area contributed by atoms with Crippen molar-refractivity contribution in [3.8, 4) is 5.75 Å². The molecule has 4 rings (SSSR count). The smallest absolute Gasteiger partial charge is 0.318 e. The first-order valence-corrected chi connectivity index (χ1v) is 12.2. The quantitative estimate of drug-likeness (QED) is 0.181. The van der Waals surface area contributed by atoms with E-state index in [2.05, 4.69) is 5.11 Å². The molecule has 3 aromatic rings. The number of rotatable bonds is 16. The number of aliphatic hydroxyl groups excluding tert-OH is 1. The van der Waals surface area contributed by atoms with Crippen LogP contribution in [0.15, 0.2) is 78.6 Å². The van der Waals surface area contributed by atoms with Crippen LogP contribution >= 0.6 is 0 Å². The summed E-state index contributed by atoms with van der Waals surface area (Å²) in [5.41, 5.74) is -7.23. The molecule has 9 nitrogen and oxygen atoms in total. The first kappa shape index (κ1) is 8.75. The van der Waals surface area contributed by atoms with Gasteiger partial charge in [0, 0.05) is 49.2 Å². The number of benzene rings is 3. The first-order chi connectivity index (χ1) is 39.8. The summed E-state index contributed by atoms with van der Waals surface area (Å²) in [6.07, 6.45) is -22.1. The molecule has 46 heavy (non-hydrogen) atoms. The van der Waals surface area contributed by atoms with Crippen molar-refractivity contribution in [2.45, 2.75) is 77.1 Å². The second kappa shape index (κ2) is 16.8. The Balaban J connectivity index is 2.41. The molecule has 0 spiro atoms. The minimum atomic E-state index is -5.72. The molecule has 1 aliphatic rings. The van der Waals surface area contributed by atoms with Gasteiger partial charge >= 0.3 is 6.03 Å². The predicted molar refractivity (Wildman–Crippen MR) is 180 cm³/mol. The largest absolute Gasteiger partial charge is 0.483 e. The number of aliphatic hydroxyl groups is 1. The molecule has 0 radical (unpaired) electrons. The number of hydrogen-bond acceptors (Lipinski definition) is 5. The van der Waals surface area contributed by atoms with E-state index in [4.69, 9.17) is 54.2 Å². The molecule has 0 aliphatic carbocycles. The lowest BCUT2D eigenvalue weighted by Crippen LogP contribution is -2.59. The number of ether oxygens (including phenoxy) is 1. The van der Waals surface area contributed by atoms with Crippen LogP contribution < -0.4 is 20.7 Å². The molecule has 0 unspecified atom stereocenters. The molecule has 3 aromatic carbocycles. The third kappa shape index (κ3) is 9.81. The highest BCUT2D eigenvalue weighted by Crippen LogP contribution is 2.22. The Bertz CT molecular complexity index is 3270. The van der Waals surface area contributed by atoms with Gasteiger partial charge in [-0.3, -0.25) is 9.59 Å². The molecule has 4 amide bonds. The molecule has 0 saturated carbocycles. The lowest BCUT2D eigenvalue weighted by molar-refractivity contribution is -0.128. The molecule has 4 atom stereocenters. The topological polar surface area (TPSA) is 120 Å². The lowest BCUT2D eigenvalue weighted by atomic mass is 9.92. The van der Waals surface area contributed by atoms with Crippen LogP contribution in [0.4, 0.5) is 4.79 Å². The van der Waals surface area contributed by atoms with E-state index < -0.39 is 248 Å². The normalized spacial score (nSPS) is 37.2. The van der Waals surface area contributed by atoms with Crippen LogP contribution in [0.25, 0.3) is 0 Å². The maximum Gasteiger partial charge on any atom is 0.318 e. The highest BCUT2D eigenvalue weighted by molar-refractivity contribution is 5.87. The van der Waals surface area contributed by atoms with E-state index in [1.54, 1.807) is 0 Å². The van der Waals surface area contributed by atoms with Crippen LogP contribution in [0.3, 0.4) is 0 Å². The number of nitrogens with one attached hydrogen (secondary N) is 3. The standard InChI is InChI=1S/C37H48N4O5/c1-25(2)34(41-20-12-19-38-37(41)45)36(44)39-30(21-28-15-7-5-8-16-28)23-32(42)31(22-29-17-9-6-10-18-29)40-33(43)24-46-35-26(3)13-11-14-27(35)4/h5-11,13-18,25,30-32,34,42H,12,19-24H2,1-4H3,(H,38,45)(H,39,44)(H,40,43)/t30-,31-,32-,34-/m0/s1/i1D3,2D3,3D3,4D3,5D,6D,7D,8D,9D,10D,11D,12D2,13D,14D,15D,16D,17D,18D,19D2,20D2,21D2,23D2,24D2,30D,31D,34D,42D/hD3. The van der Waals surface area contributed by atoms with Crippen LogP contribution in [0.5, 0.6) is 5.75 Å². The summed E-state index contributed by atoms with van der Waals surface area (Å²) in [5.74, 6) is -12.9. The second-order valence-electron chi connectivity index (χ2n) is 8.16. The minimum absolute atomic E-state index is 1.25. The third-order valence-electron chi connectivity index (χ3n) is 5.05. The summed E-state index contributed by atoms with van der Waals surface area (Å²) in [7, 11) is 0. The van der Waals surface area contributed by atoms with E-state index in [0.717, 1.165) is 0 Å². The van der Waals surface area contributed by atoms with Crippen LogP contribution in [-0.4, -0.2) is 73.0 Å². The van der Waals surface area contributed by atoms with E-state index in [0.29, 0.717) is 0 Å². The number of carbonyl (C=O) groups is 3. The summed E-state index contributed by atoms with van der Waals surface area (Å²) in [6, 6.07) is -39.7. The van der Waals surface area contributed by atoms with Gasteiger partial charge in [0.25, 0.3) is 5.91 Å². The predicted octanol–water partition coefficient (Wildman–Crippen LogP) is 4.33. The summed E-state index contributed by atoms with van der Waals surface area (Å²) in [4.78, 5) is 43.3. The SMILES string of the molecule is [2H]O[C@@H](C([2H])([2H])[C@@]([2H])(N([2H])C(=O)[C@]([2H])(C(C([2H])([2H])[2H])C([2H])([2H])[2H])N1C(=O)N([2H])C([2H])([2H])C([2H])([2H])C1([2H])[2H])C([2H])([2H])c1c([2H])c([2H])c([2H])c([2H])c1[2H])[C@]([2H])(Cc1c([2H])c([2H])c([2H])c([2H])c1[2H])N([2H])C(=O)C([2H])([2H])Oc1c(C([2H])([2H])[2H])c([2H])c([2H])c([2H])c1C([2H])([2H])[2H]. The van der Waals surface area contributed by atoms with Crippen molar-refractivity contribution in [3.63, 3.8) is 0 Å². The monoisotopic (exact) mass is 673 g/mol. The van der Waals surface area contributed by atoms with Crippen LogP contribution in [-0.2, 0) is 22.4 Å². The van der Waals surface area contributed by atoms with E-state index in [1.807, 2.05) is 0 Å². The van der Waals surface area contributed by atoms with Crippen molar-refractivity contribution in [2.24, 2.45) is 5.92 Å². The molecule has 4 N–H and O–H groups in total. The Hall–Kier alpha value is -4.37. The van der Waals surface area contributed by atoms with Crippen molar-refractivity contribution in [2.75, 3.05) is 19.6 Å². The Morgan fingerprint density at radius 1 is 1.11 bits per heavy atom. The molecule has 1 saturated heterocycles. The van der Waals surface area contributed by atoms with E-state index in [1.165, 1.54) is 0 Å². The Morgan fingerprint density at radius 2 is 1.80 bits per heavy atom. The average molecular weight is 673 g/mol. The Labute approximate surface area is 334 Å². The van der Waals surface area contributed by atoms with Gasteiger partial charge < -0.3 is 30.7 Å². The van der Waals surface area contributed by atoms with Crippen molar-refractivity contribution >= 4 is 17.8 Å². The zero-order valence-corrected chi connectivity index (χ0v) is 22.7. The molecular formula is C37H48N4O5. The van der Waals surface area contributed by atoms with E-state index in [9.17, 15) is 20.6 Å². The fourth-order valence-electron chi connectivity index (χ4n) is 3.14. The number of hydrogen-bond donors (Lipinski definition) is 4. The highest BCUT2D eigenvalue weighted by atomic mass is 16.5. The van der Waals surface area contributed by atoms with Gasteiger partial charge in [0.05, 0.1) is 36.8 Å². The number of urea groups is 1. The Kier molecular flexibility index (Phi) is 3.20. The van der Waals surface area contributed by atoms with Gasteiger partial charge in [-0.25, -0.2) is 4.79 Å². The van der Waals surface area contributed by atoms with Gasteiger partial charge in [-0.05, 0) is 67.4 Å². The fourth-order valence-corrected chi connectivity index (χ4v) is 3.14. The van der Waals surface area contributed by atoms with Gasteiger partial charge in [0.2, 0.25) is 7.34 Å². The molecule has 1 heterocycles. The summed E-state index contributed by atoms with van der Waals surface area (Å²) >= 11 is 0. The van der Waals surface area contributed by atoms with Gasteiger partial charge in [-0.15, -0.1) is 0 Å². The second-order valence-corrected chi connectivity index (χ2v) is 8.16. The number of para-hydroxylation sites is 1. The first-order valence-electron chi connectivity index (χ1n) is 33.9. The number of nitrogens with zero attached hydrogens (tertiary/aromatic N) is 1. The molecule has 9 heteroatoms. The molecule has 1 fully saturated rings. The molecule has 246 valence electrons. The highest BCUT2D eigenvalue weighted by Gasteiger charge is 2.35. The summed E-state index contributed by atoms with van der Waals surface area (Å²) in [6.45, 7) is -31.3. The van der Waals surface area contributed by atoms with Crippen molar-refractivity contribution < 1.29 is 83.3 Å². The maximum absolute atomic E-state index is 15.7. The van der Waals surface area contributed by atoms with E-state index >= 15 is 4.79 Å². The average Bonchev–Trinajstić information content (AvgIpc) is 0.686. The third-order valence-corrected chi connectivity index (χ3v) is 5.05. The van der Waals surface area contributed by atoms with Gasteiger partial charge in [-0.1, -0.05) is 92.3 Å². The number of carbonyl (C=O) groups excluding carboxylic acids is 3. The van der Waals surface area contributed by atoms with Crippen molar-refractivity contribution in [1.82, 2.24) is 20.8 Å². The van der Waals surface area contributed by atoms with Crippen molar-refractivity contribution in [3.05, 3.63) is 101 Å². The maximum atomic E-state index is 15.7. The van der Waals surface area contributed by atoms with Gasteiger partial charge in [0.1, 0.15) is 11.8 Å². The van der Waals surface area contributed by atoms with Gasteiger partial charge in [-0.2, -0.15) is 0 Å². The lowest BCUT2D eigenvalue weighted by Gasteiger charge is -2.37. The van der Waals surface area contributed by atoms with Gasteiger partial charge in [0.15, 0.2) is 10.8 Å². The number of amides is 4. The fraction of sp³-hybridized carbons (Fsp3) is 0.432. The molecule has 0 aromatic heterocycles.